The van der Waals surface area contributed by atoms with Crippen LogP contribution in [0.15, 0.2) is 36.0 Å². The molecule has 0 saturated heterocycles. The molecule has 84 valence electrons. The molecule has 0 aliphatic heterocycles. The Labute approximate surface area is 99.6 Å². The quantitative estimate of drug-likeness (QED) is 0.559. The number of aromatic nitrogens is 4. The normalized spacial score (nSPS) is 9.19. The summed E-state index contributed by atoms with van der Waals surface area (Å²) >= 11 is 1.56. The van der Waals surface area contributed by atoms with Crippen molar-refractivity contribution in [2.75, 3.05) is 6.26 Å². The van der Waals surface area contributed by atoms with Gasteiger partial charge in [0.15, 0.2) is 5.16 Å². The van der Waals surface area contributed by atoms with Gasteiger partial charge in [0.2, 0.25) is 0 Å². The predicted molar refractivity (Wildman–Crippen MR) is 65.3 cm³/mol. The summed E-state index contributed by atoms with van der Waals surface area (Å²) in [6.07, 6.45) is 7.00. The molecular formula is C11H14N4S. The van der Waals surface area contributed by atoms with Crippen molar-refractivity contribution in [3.63, 3.8) is 0 Å². The third-order valence-corrected chi connectivity index (χ3v) is 2.25. The van der Waals surface area contributed by atoms with Gasteiger partial charge in [0.1, 0.15) is 6.33 Å². The monoisotopic (exact) mass is 234 g/mol. The van der Waals surface area contributed by atoms with Gasteiger partial charge in [0.25, 0.3) is 0 Å². The molecular weight excluding hydrogens is 220 g/mol. The Kier molecular flexibility index (Phi) is 5.42. The molecule has 0 aliphatic carbocycles. The van der Waals surface area contributed by atoms with Gasteiger partial charge in [-0.05, 0) is 32.2 Å². The molecule has 0 aliphatic rings. The lowest BCUT2D eigenvalue weighted by molar-refractivity contribution is 0.935. The lowest BCUT2D eigenvalue weighted by Gasteiger charge is -1.92. The van der Waals surface area contributed by atoms with Gasteiger partial charge in [-0.25, -0.2) is 19.9 Å². The molecule has 16 heavy (non-hydrogen) atoms. The number of hydrogen-bond donors (Lipinski definition) is 0. The van der Waals surface area contributed by atoms with E-state index in [-0.39, 0.29) is 0 Å². The molecule has 0 aromatic carbocycles. The van der Waals surface area contributed by atoms with Crippen molar-refractivity contribution in [1.29, 1.82) is 0 Å². The predicted octanol–water partition coefficient (Wildman–Crippen LogP) is 2.29. The number of nitrogens with zero attached hydrogens (tertiary/aromatic N) is 4. The summed E-state index contributed by atoms with van der Waals surface area (Å²) in [4.78, 5) is 15.8. The number of thioether (sulfide) groups is 1. The van der Waals surface area contributed by atoms with Crippen LogP contribution in [0.25, 0.3) is 0 Å². The zero-order valence-corrected chi connectivity index (χ0v) is 10.4. The molecule has 0 N–H and O–H groups in total. The van der Waals surface area contributed by atoms with Crippen molar-refractivity contribution in [1.82, 2.24) is 19.9 Å². The Hall–Kier alpha value is -1.49. The largest absolute Gasteiger partial charge is 0.245 e. The first-order chi connectivity index (χ1) is 7.72. The summed E-state index contributed by atoms with van der Waals surface area (Å²) in [7, 11) is 0. The highest BCUT2D eigenvalue weighted by atomic mass is 32.2. The maximum atomic E-state index is 4.14. The SMILES string of the molecule is CSc1nccc(C)n1.Cc1ccncn1. The minimum Gasteiger partial charge on any atom is -0.245 e. The fourth-order valence-electron chi connectivity index (χ4n) is 0.881. The van der Waals surface area contributed by atoms with Crippen LogP contribution in [0.1, 0.15) is 11.4 Å². The Balaban J connectivity index is 0.000000165. The van der Waals surface area contributed by atoms with E-state index >= 15 is 0 Å². The van der Waals surface area contributed by atoms with Crippen LogP contribution in [0.3, 0.4) is 0 Å². The third kappa shape index (κ3) is 4.84. The van der Waals surface area contributed by atoms with Gasteiger partial charge < -0.3 is 0 Å². The van der Waals surface area contributed by atoms with Crippen LogP contribution in [0.2, 0.25) is 0 Å². The fraction of sp³-hybridized carbons (Fsp3) is 0.273. The summed E-state index contributed by atoms with van der Waals surface area (Å²) in [5.74, 6) is 0. The van der Waals surface area contributed by atoms with Gasteiger partial charge in [-0.1, -0.05) is 11.8 Å². The second-order valence-corrected chi connectivity index (χ2v) is 3.81. The van der Waals surface area contributed by atoms with Crippen molar-refractivity contribution in [2.45, 2.75) is 19.0 Å². The van der Waals surface area contributed by atoms with Crippen LogP contribution >= 0.6 is 11.8 Å². The van der Waals surface area contributed by atoms with E-state index in [1.165, 1.54) is 6.33 Å². The highest BCUT2D eigenvalue weighted by Crippen LogP contribution is 2.05. The zero-order valence-electron chi connectivity index (χ0n) is 9.58. The standard InChI is InChI=1S/C6H8N2S.C5H6N2/c1-5-3-4-7-6(8-5)9-2;1-5-2-3-6-4-7-5/h3-4H,1-2H3;2-4H,1H3. The van der Waals surface area contributed by atoms with Crippen molar-refractivity contribution in [3.05, 3.63) is 42.2 Å². The van der Waals surface area contributed by atoms with E-state index in [1.54, 1.807) is 24.2 Å². The second-order valence-electron chi connectivity index (χ2n) is 3.04. The van der Waals surface area contributed by atoms with E-state index in [2.05, 4.69) is 19.9 Å². The lowest BCUT2D eigenvalue weighted by atomic mass is 10.5. The van der Waals surface area contributed by atoms with E-state index in [4.69, 9.17) is 0 Å². The molecule has 2 aromatic heterocycles. The topological polar surface area (TPSA) is 51.6 Å². The van der Waals surface area contributed by atoms with Gasteiger partial charge in [-0.2, -0.15) is 0 Å². The van der Waals surface area contributed by atoms with Gasteiger partial charge in [0.05, 0.1) is 0 Å². The number of rotatable bonds is 1. The molecule has 0 spiro atoms. The summed E-state index contributed by atoms with van der Waals surface area (Å²) in [5.41, 5.74) is 2.03. The van der Waals surface area contributed by atoms with E-state index < -0.39 is 0 Å². The maximum absolute atomic E-state index is 4.14. The molecule has 2 rings (SSSR count). The molecule has 0 radical (unpaired) electrons. The van der Waals surface area contributed by atoms with Crippen LogP contribution in [-0.2, 0) is 0 Å². The van der Waals surface area contributed by atoms with E-state index in [9.17, 15) is 0 Å². The van der Waals surface area contributed by atoms with Crippen molar-refractivity contribution < 1.29 is 0 Å². The first kappa shape index (κ1) is 12.6. The molecule has 5 heteroatoms. The first-order valence-electron chi connectivity index (χ1n) is 4.78. The van der Waals surface area contributed by atoms with E-state index in [0.717, 1.165) is 16.5 Å². The van der Waals surface area contributed by atoms with Crippen LogP contribution in [0.4, 0.5) is 0 Å². The Bertz CT molecular complexity index is 419. The molecule has 0 saturated carbocycles. The van der Waals surface area contributed by atoms with Gasteiger partial charge in [0, 0.05) is 23.8 Å². The number of aryl methyl sites for hydroxylation is 2. The highest BCUT2D eigenvalue weighted by molar-refractivity contribution is 7.98. The second kappa shape index (κ2) is 6.90. The number of hydrogen-bond acceptors (Lipinski definition) is 5. The van der Waals surface area contributed by atoms with Crippen molar-refractivity contribution >= 4 is 11.8 Å². The fourth-order valence-corrected chi connectivity index (χ4v) is 1.28. The molecule has 0 atom stereocenters. The summed E-state index contributed by atoms with van der Waals surface area (Å²) < 4.78 is 0. The van der Waals surface area contributed by atoms with Crippen molar-refractivity contribution in [3.8, 4) is 0 Å². The minimum atomic E-state index is 0.843. The van der Waals surface area contributed by atoms with Gasteiger partial charge in [-0.15, -0.1) is 0 Å². The zero-order chi connectivity index (χ0) is 11.8. The molecule has 4 nitrogen and oxygen atoms in total. The van der Waals surface area contributed by atoms with E-state index in [0.29, 0.717) is 0 Å². The smallest absolute Gasteiger partial charge is 0.187 e. The minimum absolute atomic E-state index is 0.843. The van der Waals surface area contributed by atoms with Crippen LogP contribution in [0.5, 0.6) is 0 Å². The summed E-state index contributed by atoms with van der Waals surface area (Å²) in [5, 5.41) is 0.843. The van der Waals surface area contributed by atoms with Crippen LogP contribution in [-0.4, -0.2) is 26.2 Å². The highest BCUT2D eigenvalue weighted by Gasteiger charge is 1.89. The molecule has 2 aromatic rings. The third-order valence-electron chi connectivity index (χ3n) is 1.69. The van der Waals surface area contributed by atoms with Gasteiger partial charge in [-0.3, -0.25) is 0 Å². The average molecular weight is 234 g/mol. The Morgan fingerprint density at radius 3 is 2.12 bits per heavy atom. The van der Waals surface area contributed by atoms with Crippen molar-refractivity contribution in [2.24, 2.45) is 0 Å². The van der Waals surface area contributed by atoms with Crippen LogP contribution in [0, 0.1) is 13.8 Å². The molecule has 0 bridgehead atoms. The molecule has 0 amide bonds. The first-order valence-corrected chi connectivity index (χ1v) is 6.01. The summed E-state index contributed by atoms with van der Waals surface area (Å²) in [6.45, 7) is 3.89. The van der Waals surface area contributed by atoms with Crippen LogP contribution < -0.4 is 0 Å². The average Bonchev–Trinajstić information content (AvgIpc) is 2.31. The summed E-state index contributed by atoms with van der Waals surface area (Å²) in [6, 6.07) is 3.75. The molecule has 0 unspecified atom stereocenters. The molecule has 2 heterocycles. The Morgan fingerprint density at radius 1 is 1.00 bits per heavy atom. The van der Waals surface area contributed by atoms with E-state index in [1.807, 2.05) is 32.2 Å². The lowest BCUT2D eigenvalue weighted by Crippen LogP contribution is -1.85. The maximum Gasteiger partial charge on any atom is 0.187 e. The van der Waals surface area contributed by atoms with Gasteiger partial charge >= 0.3 is 0 Å². The molecule has 0 fully saturated rings. The Morgan fingerprint density at radius 2 is 1.75 bits per heavy atom.